The maximum Gasteiger partial charge on any atom is 0.342 e. The highest BCUT2D eigenvalue weighted by molar-refractivity contribution is 9.10. The van der Waals surface area contributed by atoms with E-state index in [9.17, 15) is 0 Å². The average Bonchev–Trinajstić information content (AvgIpc) is 3.12. The number of benzene rings is 1. The number of aryl methyl sites for hydroxylation is 1. The summed E-state index contributed by atoms with van der Waals surface area (Å²) in [5.74, 6) is 0. The minimum absolute atomic E-state index is 1.02. The van der Waals surface area contributed by atoms with Crippen molar-refractivity contribution < 1.29 is 9.05 Å². The van der Waals surface area contributed by atoms with Crippen molar-refractivity contribution in [1.82, 2.24) is 4.98 Å². The van der Waals surface area contributed by atoms with Crippen LogP contribution >= 0.6 is 27.3 Å². The summed E-state index contributed by atoms with van der Waals surface area (Å²) < 4.78 is 5.39. The van der Waals surface area contributed by atoms with Crippen molar-refractivity contribution in [3.05, 3.63) is 63.8 Å². The van der Waals surface area contributed by atoms with Gasteiger partial charge in [-0.05, 0) is 51.6 Å². The molecule has 1 aromatic carbocycles. The molecule has 0 amide bonds. The van der Waals surface area contributed by atoms with E-state index >= 15 is 0 Å². The first-order chi connectivity index (χ1) is 14.4. The second-order valence-corrected chi connectivity index (χ2v) is 10.4. The number of allylic oxidation sites excluding steroid dienone is 2. The number of nitrogens with zero attached hydrogens (tertiary/aromatic N) is 4. The minimum Gasteiger partial charge on any atom is -0.347 e. The molecule has 0 saturated carbocycles. The monoisotopic (exact) mass is 484 g/mol. The van der Waals surface area contributed by atoms with Crippen LogP contribution in [0.5, 0.6) is 0 Å². The maximum absolute atomic E-state index is 4.86. The van der Waals surface area contributed by atoms with Gasteiger partial charge < -0.3 is 9.38 Å². The molecule has 30 heavy (non-hydrogen) atoms. The molecule has 1 aliphatic heterocycles. The van der Waals surface area contributed by atoms with Gasteiger partial charge in [0.1, 0.15) is 10.9 Å². The van der Waals surface area contributed by atoms with Gasteiger partial charge in [-0.3, -0.25) is 0 Å². The predicted molar refractivity (Wildman–Crippen MR) is 131 cm³/mol. The Kier molecular flexibility index (Phi) is 6.09. The van der Waals surface area contributed by atoms with Crippen LogP contribution in [0.2, 0.25) is 0 Å². The van der Waals surface area contributed by atoms with Crippen LogP contribution in [0, 0.1) is 0 Å². The number of quaternary nitrogens is 1. The van der Waals surface area contributed by atoms with Gasteiger partial charge >= 0.3 is 5.65 Å². The summed E-state index contributed by atoms with van der Waals surface area (Å²) in [7, 11) is 6.64. The topological polar surface area (TPSA) is 20.0 Å². The van der Waals surface area contributed by atoms with Crippen LogP contribution in [0.4, 0.5) is 5.69 Å². The largest absolute Gasteiger partial charge is 0.347 e. The number of halogens is 1. The Hall–Kier alpha value is -2.02. The third-order valence-electron chi connectivity index (χ3n) is 5.83. The minimum atomic E-state index is 1.02. The Morgan fingerprint density at radius 1 is 1.27 bits per heavy atom. The molecule has 1 aliphatic rings. The van der Waals surface area contributed by atoms with Crippen LogP contribution in [-0.2, 0) is 7.05 Å². The summed E-state index contributed by atoms with van der Waals surface area (Å²) in [6, 6.07) is 10.8. The molecule has 0 N–H and O–H groups in total. The number of hydrogen-bond donors (Lipinski definition) is 0. The molecule has 0 unspecified atom stereocenters. The van der Waals surface area contributed by atoms with E-state index in [0.717, 1.165) is 32.7 Å². The summed E-state index contributed by atoms with van der Waals surface area (Å²) in [6.07, 6.45) is 9.88. The number of fused-ring (bicyclic) bond motifs is 2. The van der Waals surface area contributed by atoms with E-state index in [-0.39, 0.29) is 0 Å². The van der Waals surface area contributed by atoms with Gasteiger partial charge in [-0.15, -0.1) is 0 Å². The predicted octanol–water partition coefficient (Wildman–Crippen LogP) is 5.24. The lowest BCUT2D eigenvalue weighted by atomic mass is 9.99. The van der Waals surface area contributed by atoms with Gasteiger partial charge in [0.05, 0.1) is 38.7 Å². The lowest BCUT2D eigenvalue weighted by molar-refractivity contribution is -0.888. The van der Waals surface area contributed by atoms with Crippen molar-refractivity contribution in [2.24, 2.45) is 7.05 Å². The van der Waals surface area contributed by atoms with Gasteiger partial charge in [-0.1, -0.05) is 29.5 Å². The summed E-state index contributed by atoms with van der Waals surface area (Å²) in [4.78, 5) is 7.25. The first-order valence-corrected chi connectivity index (χ1v) is 12.0. The van der Waals surface area contributed by atoms with Gasteiger partial charge in [0.2, 0.25) is 5.01 Å². The fourth-order valence-corrected chi connectivity index (χ4v) is 5.45. The SMILES string of the molecule is CC[N+](C)(C)CCCN1C=C/C(=C\c2nc3c(cc(Br)c[n+]3C)s2)c2ccccc21. The molecule has 0 atom stereocenters. The standard InChI is InChI=1S/C24H29BrN4S/c1-5-29(3,4)14-8-12-28-13-11-18(20-9-6-7-10-21(20)28)15-23-26-24-22(30-23)16-19(25)17-27(24)2/h6-7,9-11,13,15-17H,5,8,12,14H2,1-4H3/q+2. The van der Waals surface area contributed by atoms with Crippen molar-refractivity contribution in [2.45, 2.75) is 13.3 Å². The summed E-state index contributed by atoms with van der Waals surface area (Å²) in [5, 5.41) is 1.03. The van der Waals surface area contributed by atoms with Gasteiger partial charge in [-0.25, -0.2) is 4.57 Å². The third kappa shape index (κ3) is 4.51. The molecule has 2 aromatic heterocycles. The highest BCUT2D eigenvalue weighted by Crippen LogP contribution is 2.35. The molecule has 0 radical (unpaired) electrons. The normalized spacial score (nSPS) is 15.2. The van der Waals surface area contributed by atoms with Crippen molar-refractivity contribution in [3.63, 3.8) is 0 Å². The van der Waals surface area contributed by atoms with Crippen LogP contribution in [0.15, 0.2) is 53.3 Å². The molecular weight excluding hydrogens is 456 g/mol. The number of hydrogen-bond acceptors (Lipinski definition) is 3. The van der Waals surface area contributed by atoms with E-state index in [1.54, 1.807) is 11.3 Å². The van der Waals surface area contributed by atoms with Gasteiger partial charge in [-0.2, -0.15) is 0 Å². The van der Waals surface area contributed by atoms with Crippen molar-refractivity contribution >= 4 is 55.0 Å². The molecule has 3 aromatic rings. The zero-order valence-electron chi connectivity index (χ0n) is 18.1. The molecule has 0 aliphatic carbocycles. The zero-order valence-corrected chi connectivity index (χ0v) is 20.5. The van der Waals surface area contributed by atoms with Crippen molar-refractivity contribution in [2.75, 3.05) is 38.6 Å². The van der Waals surface area contributed by atoms with E-state index in [0.29, 0.717) is 0 Å². The van der Waals surface area contributed by atoms with Crippen LogP contribution < -0.4 is 9.47 Å². The number of anilines is 1. The first kappa shape index (κ1) is 21.2. The number of aromatic nitrogens is 2. The number of rotatable bonds is 6. The molecule has 4 rings (SSSR count). The average molecular weight is 485 g/mol. The fraction of sp³-hybridized carbons (Fsp3) is 0.333. The molecular formula is C24H29BrN4S+2. The number of thiazole rings is 1. The fourth-order valence-electron chi connectivity index (χ4n) is 3.75. The molecule has 0 saturated heterocycles. The molecule has 6 heteroatoms. The quantitative estimate of drug-likeness (QED) is 0.351. The molecule has 0 fully saturated rings. The number of para-hydroxylation sites is 1. The summed E-state index contributed by atoms with van der Waals surface area (Å²) in [5.41, 5.74) is 4.78. The van der Waals surface area contributed by atoms with Crippen molar-refractivity contribution in [3.8, 4) is 0 Å². The Morgan fingerprint density at radius 3 is 2.87 bits per heavy atom. The summed E-state index contributed by atoms with van der Waals surface area (Å²) in [6.45, 7) is 5.64. The second kappa shape index (κ2) is 8.61. The first-order valence-electron chi connectivity index (χ1n) is 10.4. The van der Waals surface area contributed by atoms with Crippen LogP contribution in [0.25, 0.3) is 22.0 Å². The van der Waals surface area contributed by atoms with Crippen molar-refractivity contribution in [1.29, 1.82) is 0 Å². The number of pyridine rings is 1. The molecule has 3 heterocycles. The lowest BCUT2D eigenvalue weighted by Gasteiger charge is -2.31. The smallest absolute Gasteiger partial charge is 0.342 e. The van der Waals surface area contributed by atoms with Gasteiger partial charge in [0, 0.05) is 36.5 Å². The van der Waals surface area contributed by atoms with E-state index in [4.69, 9.17) is 4.98 Å². The molecule has 4 nitrogen and oxygen atoms in total. The summed E-state index contributed by atoms with van der Waals surface area (Å²) >= 11 is 5.31. The Morgan fingerprint density at radius 2 is 2.07 bits per heavy atom. The molecule has 0 spiro atoms. The molecule has 0 bridgehead atoms. The second-order valence-electron chi connectivity index (χ2n) is 8.46. The van der Waals surface area contributed by atoms with E-state index < -0.39 is 0 Å². The van der Waals surface area contributed by atoms with Crippen LogP contribution in [0.3, 0.4) is 0 Å². The van der Waals surface area contributed by atoms with E-state index in [2.05, 4.69) is 95.1 Å². The Bertz CT molecular complexity index is 1130. The third-order valence-corrected chi connectivity index (χ3v) is 7.20. The lowest BCUT2D eigenvalue weighted by Crippen LogP contribution is -2.41. The zero-order chi connectivity index (χ0) is 21.3. The highest BCUT2D eigenvalue weighted by atomic mass is 79.9. The van der Waals surface area contributed by atoms with E-state index in [1.165, 1.54) is 34.5 Å². The van der Waals surface area contributed by atoms with Crippen LogP contribution in [0.1, 0.15) is 23.9 Å². The molecule has 156 valence electrons. The van der Waals surface area contributed by atoms with Gasteiger partial charge in [0.15, 0.2) is 0 Å². The highest BCUT2D eigenvalue weighted by Gasteiger charge is 2.20. The van der Waals surface area contributed by atoms with Crippen LogP contribution in [-0.4, -0.2) is 43.2 Å². The maximum atomic E-state index is 4.86. The Balaban J connectivity index is 1.61. The van der Waals surface area contributed by atoms with Gasteiger partial charge in [0.25, 0.3) is 0 Å². The Labute approximate surface area is 191 Å². The van der Waals surface area contributed by atoms with E-state index in [1.807, 2.05) is 13.2 Å².